The lowest BCUT2D eigenvalue weighted by molar-refractivity contribution is 0.154. The Bertz CT molecular complexity index is 321. The molecule has 0 aromatic carbocycles. The van der Waals surface area contributed by atoms with Crippen molar-refractivity contribution in [2.24, 2.45) is 0 Å². The van der Waals surface area contributed by atoms with Gasteiger partial charge in [0.05, 0.1) is 11.1 Å². The van der Waals surface area contributed by atoms with Crippen molar-refractivity contribution in [3.05, 3.63) is 10.7 Å². The second kappa shape index (κ2) is 5.87. The van der Waals surface area contributed by atoms with Crippen LogP contribution in [0.25, 0.3) is 0 Å². The van der Waals surface area contributed by atoms with E-state index in [1.165, 1.54) is 0 Å². The molecule has 1 aromatic rings. The largest absolute Gasteiger partial charge is 0.380 e. The monoisotopic (exact) mass is 274 g/mol. The number of hydrogen-bond donors (Lipinski definition) is 1. The lowest BCUT2D eigenvalue weighted by Gasteiger charge is -2.19. The van der Waals surface area contributed by atoms with E-state index in [1.807, 2.05) is 18.9 Å². The first-order chi connectivity index (χ1) is 7.15. The zero-order valence-electron chi connectivity index (χ0n) is 8.90. The van der Waals surface area contributed by atoms with Gasteiger partial charge in [-0.15, -0.1) is 0 Å². The molecule has 0 atom stereocenters. The summed E-state index contributed by atoms with van der Waals surface area (Å²) in [5.74, 6) is 1.05. The van der Waals surface area contributed by atoms with Crippen LogP contribution in [0.1, 0.15) is 6.92 Å². The highest BCUT2D eigenvalue weighted by Gasteiger charge is 2.08. The smallest absolute Gasteiger partial charge is 0.222 e. The topological polar surface area (TPSA) is 64.3 Å². The zero-order valence-corrected chi connectivity index (χ0v) is 10.5. The maximum atomic E-state index is 5.52. The van der Waals surface area contributed by atoms with E-state index in [1.54, 1.807) is 6.20 Å². The SMILES string of the molecule is CCOCCN(C)c1nc(N)ncc1Br. The van der Waals surface area contributed by atoms with Gasteiger partial charge in [-0.1, -0.05) is 0 Å². The van der Waals surface area contributed by atoms with Crippen molar-refractivity contribution in [3.8, 4) is 0 Å². The van der Waals surface area contributed by atoms with Crippen LogP contribution in [-0.2, 0) is 4.74 Å². The molecule has 0 fully saturated rings. The summed E-state index contributed by atoms with van der Waals surface area (Å²) in [6, 6.07) is 0. The van der Waals surface area contributed by atoms with Crippen LogP contribution in [0.3, 0.4) is 0 Å². The summed E-state index contributed by atoms with van der Waals surface area (Å²) in [6.45, 7) is 4.13. The summed E-state index contributed by atoms with van der Waals surface area (Å²) in [4.78, 5) is 9.99. The van der Waals surface area contributed by atoms with E-state index >= 15 is 0 Å². The van der Waals surface area contributed by atoms with Crippen LogP contribution in [0, 0.1) is 0 Å². The van der Waals surface area contributed by atoms with Gasteiger partial charge in [0, 0.05) is 26.4 Å². The van der Waals surface area contributed by atoms with Gasteiger partial charge in [0.25, 0.3) is 0 Å². The Morgan fingerprint density at radius 3 is 3.00 bits per heavy atom. The van der Waals surface area contributed by atoms with Crippen molar-refractivity contribution in [1.82, 2.24) is 9.97 Å². The highest BCUT2D eigenvalue weighted by molar-refractivity contribution is 9.10. The number of likely N-dealkylation sites (N-methyl/N-ethyl adjacent to an activating group) is 1. The highest BCUT2D eigenvalue weighted by atomic mass is 79.9. The number of nitrogen functional groups attached to an aromatic ring is 1. The maximum absolute atomic E-state index is 5.52. The van der Waals surface area contributed by atoms with Gasteiger partial charge in [0.1, 0.15) is 5.82 Å². The number of nitrogens with zero attached hydrogens (tertiary/aromatic N) is 3. The predicted molar refractivity (Wildman–Crippen MR) is 63.9 cm³/mol. The van der Waals surface area contributed by atoms with Gasteiger partial charge in [-0.05, 0) is 22.9 Å². The van der Waals surface area contributed by atoms with E-state index in [0.29, 0.717) is 6.61 Å². The van der Waals surface area contributed by atoms with Crippen LogP contribution >= 0.6 is 15.9 Å². The van der Waals surface area contributed by atoms with Crippen LogP contribution in [0.15, 0.2) is 10.7 Å². The summed E-state index contributed by atoms with van der Waals surface area (Å²) in [6.07, 6.45) is 1.65. The van der Waals surface area contributed by atoms with E-state index in [4.69, 9.17) is 10.5 Å². The first-order valence-corrected chi connectivity index (χ1v) is 5.51. The van der Waals surface area contributed by atoms with E-state index < -0.39 is 0 Å². The van der Waals surface area contributed by atoms with Crippen molar-refractivity contribution in [1.29, 1.82) is 0 Å². The van der Waals surface area contributed by atoms with Crippen LogP contribution < -0.4 is 10.6 Å². The number of hydrogen-bond acceptors (Lipinski definition) is 5. The number of ether oxygens (including phenoxy) is 1. The molecule has 2 N–H and O–H groups in total. The molecule has 0 aliphatic rings. The Morgan fingerprint density at radius 2 is 2.33 bits per heavy atom. The van der Waals surface area contributed by atoms with Gasteiger partial charge >= 0.3 is 0 Å². The number of nitrogens with two attached hydrogens (primary N) is 1. The molecule has 6 heteroatoms. The molecule has 0 unspecified atom stereocenters. The van der Waals surface area contributed by atoms with E-state index in [2.05, 4.69) is 25.9 Å². The predicted octanol–water partition coefficient (Wildman–Crippen LogP) is 1.29. The Kier molecular flexibility index (Phi) is 4.77. The number of aromatic nitrogens is 2. The molecule has 0 bridgehead atoms. The zero-order chi connectivity index (χ0) is 11.3. The Labute approximate surface area is 97.8 Å². The lowest BCUT2D eigenvalue weighted by atomic mass is 10.5. The van der Waals surface area contributed by atoms with Gasteiger partial charge < -0.3 is 15.4 Å². The van der Waals surface area contributed by atoms with Crippen molar-refractivity contribution < 1.29 is 4.74 Å². The first-order valence-electron chi connectivity index (χ1n) is 4.72. The van der Waals surface area contributed by atoms with Gasteiger partial charge in [0.2, 0.25) is 5.95 Å². The first kappa shape index (κ1) is 12.2. The van der Waals surface area contributed by atoms with Crippen LogP contribution in [0.5, 0.6) is 0 Å². The second-order valence-corrected chi connectivity index (χ2v) is 3.87. The summed E-state index contributed by atoms with van der Waals surface area (Å²) in [7, 11) is 1.94. The average Bonchev–Trinajstić information content (AvgIpc) is 2.22. The molecule has 0 aliphatic heterocycles. The van der Waals surface area contributed by atoms with E-state index in [-0.39, 0.29) is 5.95 Å². The minimum Gasteiger partial charge on any atom is -0.380 e. The molecular weight excluding hydrogens is 260 g/mol. The van der Waals surface area contributed by atoms with Crippen molar-refractivity contribution in [3.63, 3.8) is 0 Å². The second-order valence-electron chi connectivity index (χ2n) is 3.02. The molecule has 1 rings (SSSR count). The summed E-state index contributed by atoms with van der Waals surface area (Å²) >= 11 is 3.38. The number of rotatable bonds is 5. The summed E-state index contributed by atoms with van der Waals surface area (Å²) < 4.78 is 6.09. The van der Waals surface area contributed by atoms with Gasteiger partial charge in [0.15, 0.2) is 0 Å². The molecule has 0 spiro atoms. The summed E-state index contributed by atoms with van der Waals surface area (Å²) in [5, 5.41) is 0. The molecule has 1 heterocycles. The number of anilines is 2. The fourth-order valence-corrected chi connectivity index (χ4v) is 1.58. The highest BCUT2D eigenvalue weighted by Crippen LogP contribution is 2.22. The van der Waals surface area contributed by atoms with Gasteiger partial charge in [-0.25, -0.2) is 4.98 Å². The molecule has 0 saturated heterocycles. The summed E-state index contributed by atoms with van der Waals surface area (Å²) in [5.41, 5.74) is 5.52. The fraction of sp³-hybridized carbons (Fsp3) is 0.556. The normalized spacial score (nSPS) is 10.3. The van der Waals surface area contributed by atoms with Crippen LogP contribution in [-0.4, -0.2) is 36.8 Å². The van der Waals surface area contributed by atoms with Crippen molar-refractivity contribution >= 4 is 27.7 Å². The molecule has 0 aliphatic carbocycles. The molecule has 84 valence electrons. The standard InChI is InChI=1S/C9H15BrN4O/c1-3-15-5-4-14(2)8-7(10)6-12-9(11)13-8/h6H,3-5H2,1-2H3,(H2,11,12,13). The molecule has 5 nitrogen and oxygen atoms in total. The quantitative estimate of drug-likeness (QED) is 0.820. The van der Waals surface area contributed by atoms with E-state index in [0.717, 1.165) is 23.4 Å². The molecule has 0 amide bonds. The van der Waals surface area contributed by atoms with Gasteiger partial charge in [-0.2, -0.15) is 4.98 Å². The minimum absolute atomic E-state index is 0.274. The Hall–Kier alpha value is -0.880. The molecule has 1 aromatic heterocycles. The molecule has 0 saturated carbocycles. The molecule has 15 heavy (non-hydrogen) atoms. The third kappa shape index (κ3) is 3.64. The van der Waals surface area contributed by atoms with Gasteiger partial charge in [-0.3, -0.25) is 0 Å². The van der Waals surface area contributed by atoms with E-state index in [9.17, 15) is 0 Å². The van der Waals surface area contributed by atoms with Crippen LogP contribution in [0.2, 0.25) is 0 Å². The minimum atomic E-state index is 0.274. The van der Waals surface area contributed by atoms with Crippen molar-refractivity contribution in [2.45, 2.75) is 6.92 Å². The average molecular weight is 275 g/mol. The Balaban J connectivity index is 2.64. The third-order valence-corrected chi connectivity index (χ3v) is 2.44. The Morgan fingerprint density at radius 1 is 1.60 bits per heavy atom. The number of halogens is 1. The third-order valence-electron chi connectivity index (χ3n) is 1.88. The van der Waals surface area contributed by atoms with Crippen LogP contribution in [0.4, 0.5) is 11.8 Å². The molecule has 0 radical (unpaired) electrons. The fourth-order valence-electron chi connectivity index (χ4n) is 1.09. The lowest BCUT2D eigenvalue weighted by Crippen LogP contribution is -2.24. The molecular formula is C9H15BrN4O. The maximum Gasteiger partial charge on any atom is 0.222 e. The van der Waals surface area contributed by atoms with Crippen molar-refractivity contribution in [2.75, 3.05) is 37.4 Å².